The second-order valence-electron chi connectivity index (χ2n) is 4.25. The Morgan fingerprint density at radius 2 is 1.95 bits per heavy atom. The summed E-state index contributed by atoms with van der Waals surface area (Å²) >= 11 is 3.04. The van der Waals surface area contributed by atoms with Crippen molar-refractivity contribution >= 4 is 33.5 Å². The second kappa shape index (κ2) is 6.01. The van der Waals surface area contributed by atoms with Crippen LogP contribution in [0.15, 0.2) is 34.8 Å². The lowest BCUT2D eigenvalue weighted by molar-refractivity contribution is 0.0690. The van der Waals surface area contributed by atoms with Crippen LogP contribution in [0.1, 0.15) is 26.5 Å². The Hall–Kier alpha value is -2.28. The van der Waals surface area contributed by atoms with Crippen molar-refractivity contribution in [2.75, 3.05) is 5.32 Å². The van der Waals surface area contributed by atoms with E-state index in [9.17, 15) is 14.0 Å². The van der Waals surface area contributed by atoms with Crippen LogP contribution >= 0.6 is 15.9 Å². The third-order valence-corrected chi connectivity index (χ3v) is 3.32. The van der Waals surface area contributed by atoms with Crippen LogP contribution < -0.4 is 5.32 Å². The first kappa shape index (κ1) is 15.1. The van der Waals surface area contributed by atoms with Crippen molar-refractivity contribution in [2.45, 2.75) is 6.92 Å². The fourth-order valence-corrected chi connectivity index (χ4v) is 1.99. The number of aromatic nitrogens is 1. The average molecular weight is 353 g/mol. The number of aromatic carboxylic acids is 1. The summed E-state index contributed by atoms with van der Waals surface area (Å²) in [6.45, 7) is 1.65. The molecule has 0 unspecified atom stereocenters. The summed E-state index contributed by atoms with van der Waals surface area (Å²) in [4.78, 5) is 26.6. The zero-order chi connectivity index (χ0) is 15.6. The molecule has 1 aromatic heterocycles. The molecule has 1 amide bonds. The summed E-state index contributed by atoms with van der Waals surface area (Å²) in [6, 6.07) is 6.83. The summed E-state index contributed by atoms with van der Waals surface area (Å²) in [6.07, 6.45) is 0. The minimum absolute atomic E-state index is 0.0326. The van der Waals surface area contributed by atoms with E-state index in [2.05, 4.69) is 26.2 Å². The molecule has 1 aromatic carbocycles. The van der Waals surface area contributed by atoms with Gasteiger partial charge in [-0.2, -0.15) is 0 Å². The minimum atomic E-state index is -1.22. The quantitative estimate of drug-likeness (QED) is 0.888. The molecule has 2 N–H and O–H groups in total. The smallest absolute Gasteiger partial charge is 0.354 e. The maximum atomic E-state index is 13.3. The van der Waals surface area contributed by atoms with Gasteiger partial charge in [-0.25, -0.2) is 14.2 Å². The Labute approximate surface area is 128 Å². The standard InChI is InChI=1S/C14H10BrFN2O3/c1-7-5-9(16)8(15)6-12(7)18-13(19)10-3-2-4-11(17-10)14(20)21/h2-6H,1H3,(H,18,19)(H,20,21). The van der Waals surface area contributed by atoms with Gasteiger partial charge in [-0.15, -0.1) is 0 Å². The molecular formula is C14H10BrFN2O3. The number of hydrogen-bond acceptors (Lipinski definition) is 3. The van der Waals surface area contributed by atoms with E-state index in [1.54, 1.807) is 6.92 Å². The molecule has 0 atom stereocenters. The summed E-state index contributed by atoms with van der Waals surface area (Å²) in [5.41, 5.74) is 0.698. The third kappa shape index (κ3) is 3.43. The molecule has 21 heavy (non-hydrogen) atoms. The van der Waals surface area contributed by atoms with Crippen molar-refractivity contribution in [3.63, 3.8) is 0 Å². The molecule has 0 saturated heterocycles. The van der Waals surface area contributed by atoms with E-state index < -0.39 is 17.7 Å². The van der Waals surface area contributed by atoms with Crippen molar-refractivity contribution in [2.24, 2.45) is 0 Å². The van der Waals surface area contributed by atoms with Crippen LogP contribution in [0, 0.1) is 12.7 Å². The van der Waals surface area contributed by atoms with Crippen LogP contribution in [0.4, 0.5) is 10.1 Å². The van der Waals surface area contributed by atoms with Crippen molar-refractivity contribution in [3.8, 4) is 0 Å². The van der Waals surface area contributed by atoms with Crippen molar-refractivity contribution < 1.29 is 19.1 Å². The van der Waals surface area contributed by atoms with Gasteiger partial charge in [0.05, 0.1) is 4.47 Å². The number of pyridine rings is 1. The number of carboxylic acids is 1. The molecule has 1 heterocycles. The molecule has 108 valence electrons. The number of nitrogens with one attached hydrogen (secondary N) is 1. The van der Waals surface area contributed by atoms with Crippen molar-refractivity contribution in [1.82, 2.24) is 4.98 Å². The normalized spacial score (nSPS) is 10.2. The summed E-state index contributed by atoms with van der Waals surface area (Å²) in [5.74, 6) is -2.22. The number of rotatable bonds is 3. The fraction of sp³-hybridized carbons (Fsp3) is 0.0714. The third-order valence-electron chi connectivity index (χ3n) is 2.72. The summed E-state index contributed by atoms with van der Waals surface area (Å²) in [5, 5.41) is 11.4. The SMILES string of the molecule is Cc1cc(F)c(Br)cc1NC(=O)c1cccc(C(=O)O)n1. The first-order valence-corrected chi connectivity index (χ1v) is 6.65. The molecule has 0 aliphatic rings. The maximum absolute atomic E-state index is 13.3. The molecule has 0 saturated carbocycles. The van der Waals surface area contributed by atoms with E-state index in [1.165, 1.54) is 30.3 Å². The highest BCUT2D eigenvalue weighted by Gasteiger charge is 2.13. The largest absolute Gasteiger partial charge is 0.477 e. The molecule has 0 bridgehead atoms. The topological polar surface area (TPSA) is 79.3 Å². The Balaban J connectivity index is 2.28. The highest BCUT2D eigenvalue weighted by Crippen LogP contribution is 2.24. The van der Waals surface area contributed by atoms with Gasteiger partial charge in [0.1, 0.15) is 17.2 Å². The number of aryl methyl sites for hydroxylation is 1. The number of anilines is 1. The first-order valence-electron chi connectivity index (χ1n) is 5.86. The van der Waals surface area contributed by atoms with E-state index in [4.69, 9.17) is 5.11 Å². The van der Waals surface area contributed by atoms with Gasteiger partial charge in [0, 0.05) is 5.69 Å². The van der Waals surface area contributed by atoms with E-state index in [0.717, 1.165) is 0 Å². The number of carbonyl (C=O) groups is 2. The molecule has 2 aromatic rings. The lowest BCUT2D eigenvalue weighted by atomic mass is 10.2. The highest BCUT2D eigenvalue weighted by molar-refractivity contribution is 9.10. The van der Waals surface area contributed by atoms with Gasteiger partial charge in [0.25, 0.3) is 5.91 Å². The molecule has 2 rings (SSSR count). The van der Waals surface area contributed by atoms with Crippen LogP contribution in [0.3, 0.4) is 0 Å². The van der Waals surface area contributed by atoms with E-state index in [-0.39, 0.29) is 15.9 Å². The summed E-state index contributed by atoms with van der Waals surface area (Å²) in [7, 11) is 0. The maximum Gasteiger partial charge on any atom is 0.354 e. The Morgan fingerprint density at radius 3 is 2.62 bits per heavy atom. The second-order valence-corrected chi connectivity index (χ2v) is 5.10. The fourth-order valence-electron chi connectivity index (χ4n) is 1.65. The van der Waals surface area contributed by atoms with Gasteiger partial charge >= 0.3 is 5.97 Å². The molecule has 5 nitrogen and oxygen atoms in total. The van der Waals surface area contributed by atoms with Crippen LogP contribution in [-0.2, 0) is 0 Å². The van der Waals surface area contributed by atoms with Gasteiger partial charge in [-0.3, -0.25) is 4.79 Å². The number of hydrogen-bond donors (Lipinski definition) is 2. The molecule has 0 radical (unpaired) electrons. The van der Waals surface area contributed by atoms with E-state index >= 15 is 0 Å². The van der Waals surface area contributed by atoms with Crippen molar-refractivity contribution in [3.05, 3.63) is 57.6 Å². The predicted molar refractivity (Wildman–Crippen MR) is 78.0 cm³/mol. The zero-order valence-corrected chi connectivity index (χ0v) is 12.4. The zero-order valence-electron chi connectivity index (χ0n) is 10.9. The first-order chi connectivity index (χ1) is 9.88. The Bertz CT molecular complexity index is 734. The van der Waals surface area contributed by atoms with Crippen LogP contribution in [0.25, 0.3) is 0 Å². The lowest BCUT2D eigenvalue weighted by Gasteiger charge is -2.09. The number of nitrogens with zero attached hydrogens (tertiary/aromatic N) is 1. The van der Waals surface area contributed by atoms with Gasteiger partial charge in [0.15, 0.2) is 0 Å². The lowest BCUT2D eigenvalue weighted by Crippen LogP contribution is -2.16. The Kier molecular flexibility index (Phi) is 4.32. The summed E-state index contributed by atoms with van der Waals surface area (Å²) < 4.78 is 13.5. The highest BCUT2D eigenvalue weighted by atomic mass is 79.9. The van der Waals surface area contributed by atoms with E-state index in [0.29, 0.717) is 11.3 Å². The van der Waals surface area contributed by atoms with Gasteiger partial charge in [-0.05, 0) is 52.7 Å². The van der Waals surface area contributed by atoms with Crippen LogP contribution in [0.2, 0.25) is 0 Å². The molecule has 0 fully saturated rings. The Morgan fingerprint density at radius 1 is 1.29 bits per heavy atom. The predicted octanol–water partition coefficient (Wildman–Crippen LogP) is 3.24. The minimum Gasteiger partial charge on any atom is -0.477 e. The van der Waals surface area contributed by atoms with Crippen LogP contribution in [0.5, 0.6) is 0 Å². The molecule has 0 aliphatic carbocycles. The molecule has 0 spiro atoms. The monoisotopic (exact) mass is 352 g/mol. The van der Waals surface area contributed by atoms with Gasteiger partial charge < -0.3 is 10.4 Å². The van der Waals surface area contributed by atoms with Gasteiger partial charge in [0.2, 0.25) is 0 Å². The van der Waals surface area contributed by atoms with Gasteiger partial charge in [-0.1, -0.05) is 6.07 Å². The number of carboxylic acid groups (broad SMARTS) is 1. The average Bonchev–Trinajstić information content (AvgIpc) is 2.44. The molecular weight excluding hydrogens is 343 g/mol. The van der Waals surface area contributed by atoms with Crippen LogP contribution in [-0.4, -0.2) is 22.0 Å². The van der Waals surface area contributed by atoms with E-state index in [1.807, 2.05) is 0 Å². The van der Waals surface area contributed by atoms with Crippen molar-refractivity contribution in [1.29, 1.82) is 0 Å². The molecule has 0 aliphatic heterocycles. The number of carbonyl (C=O) groups excluding carboxylic acids is 1. The number of benzene rings is 1. The number of amides is 1. The molecule has 7 heteroatoms. The number of halogens is 2.